The summed E-state index contributed by atoms with van der Waals surface area (Å²) in [6.45, 7) is 5.33. The molecule has 2 nitrogen and oxygen atoms in total. The van der Waals surface area contributed by atoms with E-state index in [9.17, 15) is 0 Å². The van der Waals surface area contributed by atoms with Crippen molar-refractivity contribution in [3.8, 4) is 5.75 Å². The number of benzene rings is 2. The van der Waals surface area contributed by atoms with E-state index in [1.165, 1.54) is 11.1 Å². The van der Waals surface area contributed by atoms with Crippen LogP contribution in [-0.4, -0.2) is 0 Å². The molecule has 2 N–H and O–H groups in total. The zero-order valence-corrected chi connectivity index (χ0v) is 10.9. The molecule has 2 aromatic rings. The van der Waals surface area contributed by atoms with Crippen LogP contribution in [0.4, 0.5) is 0 Å². The molecular weight excluding hydrogens is 222 g/mol. The number of rotatable bonds is 4. The zero-order valence-electron chi connectivity index (χ0n) is 10.9. The topological polar surface area (TPSA) is 35.2 Å². The van der Waals surface area contributed by atoms with Crippen molar-refractivity contribution in [1.29, 1.82) is 0 Å². The standard InChI is InChI=1S/C16H19NO/c1-12-3-8-16(13(2)9-12)18-11-15-6-4-14(10-17)5-7-15/h3-9H,10-11,17H2,1-2H3. The lowest BCUT2D eigenvalue weighted by Crippen LogP contribution is -1.99. The summed E-state index contributed by atoms with van der Waals surface area (Å²) >= 11 is 0. The van der Waals surface area contributed by atoms with Gasteiger partial charge in [0.1, 0.15) is 12.4 Å². The highest BCUT2D eigenvalue weighted by Crippen LogP contribution is 2.20. The minimum absolute atomic E-state index is 0.582. The summed E-state index contributed by atoms with van der Waals surface area (Å²) in [6, 6.07) is 14.4. The van der Waals surface area contributed by atoms with Gasteiger partial charge in [-0.05, 0) is 36.6 Å². The molecule has 0 atom stereocenters. The van der Waals surface area contributed by atoms with Crippen molar-refractivity contribution < 1.29 is 4.74 Å². The highest BCUT2D eigenvalue weighted by Gasteiger charge is 2.00. The summed E-state index contributed by atoms with van der Waals surface area (Å²) < 4.78 is 5.82. The molecule has 0 heterocycles. The Morgan fingerprint density at radius 1 is 0.944 bits per heavy atom. The summed E-state index contributed by atoms with van der Waals surface area (Å²) in [5.41, 5.74) is 10.3. The summed E-state index contributed by atoms with van der Waals surface area (Å²) in [5, 5.41) is 0. The van der Waals surface area contributed by atoms with Crippen molar-refractivity contribution >= 4 is 0 Å². The Labute approximate surface area is 108 Å². The molecule has 0 aliphatic heterocycles. The van der Waals surface area contributed by atoms with Gasteiger partial charge >= 0.3 is 0 Å². The zero-order chi connectivity index (χ0) is 13.0. The first-order chi connectivity index (χ1) is 8.69. The van der Waals surface area contributed by atoms with E-state index < -0.39 is 0 Å². The van der Waals surface area contributed by atoms with Crippen molar-refractivity contribution in [3.05, 3.63) is 64.7 Å². The van der Waals surface area contributed by atoms with Crippen LogP contribution >= 0.6 is 0 Å². The predicted molar refractivity (Wildman–Crippen MR) is 74.6 cm³/mol. The van der Waals surface area contributed by atoms with E-state index in [1.54, 1.807) is 0 Å². The third-order valence-electron chi connectivity index (χ3n) is 2.98. The predicted octanol–water partition coefficient (Wildman–Crippen LogP) is 3.34. The number of ether oxygens (including phenoxy) is 1. The molecular formula is C16H19NO. The van der Waals surface area contributed by atoms with Crippen LogP contribution in [-0.2, 0) is 13.2 Å². The molecule has 18 heavy (non-hydrogen) atoms. The second-order valence-electron chi connectivity index (χ2n) is 4.58. The van der Waals surface area contributed by atoms with E-state index in [2.05, 4.69) is 38.1 Å². The Kier molecular flexibility index (Phi) is 4.00. The SMILES string of the molecule is Cc1ccc(OCc2ccc(CN)cc2)c(C)c1. The van der Waals surface area contributed by atoms with Crippen molar-refractivity contribution in [2.45, 2.75) is 27.0 Å². The smallest absolute Gasteiger partial charge is 0.122 e. The molecule has 0 saturated heterocycles. The van der Waals surface area contributed by atoms with Gasteiger partial charge in [-0.15, -0.1) is 0 Å². The average molecular weight is 241 g/mol. The van der Waals surface area contributed by atoms with Crippen LogP contribution in [0.2, 0.25) is 0 Å². The van der Waals surface area contributed by atoms with Crippen LogP contribution in [0.1, 0.15) is 22.3 Å². The van der Waals surface area contributed by atoms with Gasteiger partial charge in [-0.25, -0.2) is 0 Å². The fraction of sp³-hybridized carbons (Fsp3) is 0.250. The molecule has 0 aliphatic rings. The number of aryl methyl sites for hydroxylation is 2. The lowest BCUT2D eigenvalue weighted by molar-refractivity contribution is 0.304. The maximum absolute atomic E-state index is 5.82. The Hall–Kier alpha value is -1.80. The van der Waals surface area contributed by atoms with Crippen molar-refractivity contribution in [2.75, 3.05) is 0 Å². The first-order valence-electron chi connectivity index (χ1n) is 6.17. The molecule has 0 aromatic heterocycles. The molecule has 0 saturated carbocycles. The van der Waals surface area contributed by atoms with Gasteiger partial charge in [0.15, 0.2) is 0 Å². The van der Waals surface area contributed by atoms with Gasteiger partial charge in [-0.3, -0.25) is 0 Å². The Bertz CT molecular complexity index is 517. The van der Waals surface area contributed by atoms with Crippen LogP contribution in [0.25, 0.3) is 0 Å². The quantitative estimate of drug-likeness (QED) is 0.891. The Morgan fingerprint density at radius 3 is 2.22 bits per heavy atom. The molecule has 2 heteroatoms. The van der Waals surface area contributed by atoms with E-state index in [0.29, 0.717) is 13.2 Å². The molecule has 0 amide bonds. The van der Waals surface area contributed by atoms with E-state index in [4.69, 9.17) is 10.5 Å². The third-order valence-corrected chi connectivity index (χ3v) is 2.98. The molecule has 2 rings (SSSR count). The third kappa shape index (κ3) is 3.11. The molecule has 0 unspecified atom stereocenters. The lowest BCUT2D eigenvalue weighted by Gasteiger charge is -2.10. The molecule has 94 valence electrons. The molecule has 0 spiro atoms. The van der Waals surface area contributed by atoms with Crippen LogP contribution in [0, 0.1) is 13.8 Å². The fourth-order valence-corrected chi connectivity index (χ4v) is 1.89. The Morgan fingerprint density at radius 2 is 1.61 bits per heavy atom. The average Bonchev–Trinajstić information content (AvgIpc) is 2.38. The van der Waals surface area contributed by atoms with E-state index in [1.807, 2.05) is 18.2 Å². The summed E-state index contributed by atoms with van der Waals surface area (Å²) in [7, 11) is 0. The fourth-order valence-electron chi connectivity index (χ4n) is 1.89. The van der Waals surface area contributed by atoms with Gasteiger partial charge in [0.25, 0.3) is 0 Å². The van der Waals surface area contributed by atoms with Gasteiger partial charge < -0.3 is 10.5 Å². The summed E-state index contributed by atoms with van der Waals surface area (Å²) in [5.74, 6) is 0.948. The molecule has 0 fully saturated rings. The maximum Gasteiger partial charge on any atom is 0.122 e. The highest BCUT2D eigenvalue weighted by atomic mass is 16.5. The monoisotopic (exact) mass is 241 g/mol. The molecule has 0 radical (unpaired) electrons. The minimum Gasteiger partial charge on any atom is -0.489 e. The van der Waals surface area contributed by atoms with E-state index in [0.717, 1.165) is 16.9 Å². The van der Waals surface area contributed by atoms with Crippen LogP contribution in [0.5, 0.6) is 5.75 Å². The van der Waals surface area contributed by atoms with Gasteiger partial charge in [-0.2, -0.15) is 0 Å². The second-order valence-corrected chi connectivity index (χ2v) is 4.58. The highest BCUT2D eigenvalue weighted by molar-refractivity contribution is 5.36. The van der Waals surface area contributed by atoms with Crippen LogP contribution in [0.15, 0.2) is 42.5 Å². The number of nitrogens with two attached hydrogens (primary N) is 1. The summed E-state index contributed by atoms with van der Waals surface area (Å²) in [6.07, 6.45) is 0. The maximum atomic E-state index is 5.82. The number of hydrogen-bond donors (Lipinski definition) is 1. The van der Waals surface area contributed by atoms with Gasteiger partial charge in [0.2, 0.25) is 0 Å². The van der Waals surface area contributed by atoms with Crippen LogP contribution in [0.3, 0.4) is 0 Å². The lowest BCUT2D eigenvalue weighted by atomic mass is 10.1. The first-order valence-corrected chi connectivity index (χ1v) is 6.17. The van der Waals surface area contributed by atoms with Crippen molar-refractivity contribution in [1.82, 2.24) is 0 Å². The van der Waals surface area contributed by atoms with Crippen molar-refractivity contribution in [2.24, 2.45) is 5.73 Å². The first kappa shape index (κ1) is 12.7. The van der Waals surface area contributed by atoms with Gasteiger partial charge in [0.05, 0.1) is 0 Å². The number of hydrogen-bond acceptors (Lipinski definition) is 2. The Balaban J connectivity index is 2.02. The van der Waals surface area contributed by atoms with Gasteiger partial charge in [-0.1, -0.05) is 42.0 Å². The van der Waals surface area contributed by atoms with Crippen molar-refractivity contribution in [3.63, 3.8) is 0 Å². The molecule has 2 aromatic carbocycles. The summed E-state index contributed by atoms with van der Waals surface area (Å²) in [4.78, 5) is 0. The minimum atomic E-state index is 0.582. The van der Waals surface area contributed by atoms with Crippen LogP contribution < -0.4 is 10.5 Å². The molecule has 0 bridgehead atoms. The largest absolute Gasteiger partial charge is 0.489 e. The van der Waals surface area contributed by atoms with E-state index in [-0.39, 0.29) is 0 Å². The van der Waals surface area contributed by atoms with E-state index >= 15 is 0 Å². The molecule has 0 aliphatic carbocycles. The second kappa shape index (κ2) is 5.69. The van der Waals surface area contributed by atoms with Gasteiger partial charge in [0, 0.05) is 6.54 Å². The normalized spacial score (nSPS) is 10.4.